The van der Waals surface area contributed by atoms with Gasteiger partial charge in [0.05, 0.1) is 45.2 Å². The molecule has 2 amide bonds. The van der Waals surface area contributed by atoms with Crippen molar-refractivity contribution in [2.24, 2.45) is 11.8 Å². The van der Waals surface area contributed by atoms with Gasteiger partial charge in [-0.05, 0) is 41.0 Å². The van der Waals surface area contributed by atoms with Crippen molar-refractivity contribution in [1.29, 1.82) is 0 Å². The van der Waals surface area contributed by atoms with Gasteiger partial charge in [-0.15, -0.1) is 0 Å². The summed E-state index contributed by atoms with van der Waals surface area (Å²) in [5, 5.41) is 21.5. The lowest BCUT2D eigenvalue weighted by atomic mass is 9.65. The lowest BCUT2D eigenvalue weighted by molar-refractivity contribution is -0.179. The third-order valence-electron chi connectivity index (χ3n) is 11.5. The van der Waals surface area contributed by atoms with E-state index in [1.54, 1.807) is 77.7 Å². The first-order valence-corrected chi connectivity index (χ1v) is 20.0. The predicted molar refractivity (Wildman–Crippen MR) is 221 cm³/mol. The Kier molecular flexibility index (Phi) is 13.2. The number of morpholine rings is 1. The normalized spacial score (nSPS) is 22.4. The number of carboxylic acid groups (broad SMARTS) is 1. The molecule has 1 spiro atoms. The lowest BCUT2D eigenvalue weighted by Gasteiger charge is -2.46. The van der Waals surface area contributed by atoms with E-state index in [-0.39, 0.29) is 61.0 Å². The molecule has 0 aliphatic carbocycles. The highest BCUT2D eigenvalue weighted by atomic mass is 16.6. The van der Waals surface area contributed by atoms with E-state index in [1.807, 2.05) is 12.1 Å². The highest BCUT2D eigenvalue weighted by molar-refractivity contribution is 6.23. The monoisotopic (exact) mass is 860 g/mol. The summed E-state index contributed by atoms with van der Waals surface area (Å²) in [6.45, 7) is -0.845. The Hall–Kier alpha value is -7.06. The quantitative estimate of drug-likeness (QED) is 0.0633. The number of ether oxygens (including phenoxy) is 6. The molecule has 3 aliphatic rings. The SMILES string of the molecule is COCCOC(=O)N1C(=O)[C@@]2(c3cc(C#CCC(C(=O)OC)C(=O)OC)ccc31)[C@H](C(=O)O)[C@H]1C(=O)O[C@H](c3ccccc3)[C@H](c3ccccc3)N1[C@@H]2c1ccccc1OCCO. The summed E-state index contributed by atoms with van der Waals surface area (Å²) in [4.78, 5) is 86.5. The molecule has 0 bridgehead atoms. The van der Waals surface area contributed by atoms with Crippen LogP contribution in [0.5, 0.6) is 5.75 Å². The number of aliphatic carboxylic acids is 1. The molecule has 3 aliphatic heterocycles. The number of imide groups is 1. The molecule has 6 atom stereocenters. The molecular weight excluding hydrogens is 817 g/mol. The van der Waals surface area contributed by atoms with Crippen LogP contribution in [0, 0.1) is 23.7 Å². The van der Waals surface area contributed by atoms with Crippen molar-refractivity contribution in [2.75, 3.05) is 52.7 Å². The van der Waals surface area contributed by atoms with Crippen LogP contribution in [-0.4, -0.2) is 105 Å². The number of benzene rings is 4. The number of carboxylic acids is 1. The van der Waals surface area contributed by atoms with E-state index in [4.69, 9.17) is 28.4 Å². The summed E-state index contributed by atoms with van der Waals surface area (Å²) in [5.74, 6) is -2.67. The topological polar surface area (TPSA) is 205 Å². The van der Waals surface area contributed by atoms with Gasteiger partial charge in [0.2, 0.25) is 5.91 Å². The van der Waals surface area contributed by atoms with Gasteiger partial charge in [0.15, 0.2) is 5.92 Å². The number of cyclic esters (lactones) is 1. The summed E-state index contributed by atoms with van der Waals surface area (Å²) in [6, 6.07) is 24.9. The molecule has 7 rings (SSSR count). The minimum Gasteiger partial charge on any atom is -0.491 e. The number of para-hydroxylation sites is 1. The number of esters is 3. The minimum absolute atomic E-state index is 0.0140. The largest absolute Gasteiger partial charge is 0.491 e. The van der Waals surface area contributed by atoms with Crippen LogP contribution in [0.4, 0.5) is 10.5 Å². The second kappa shape index (κ2) is 18.9. The summed E-state index contributed by atoms with van der Waals surface area (Å²) < 4.78 is 32.6. The number of anilines is 1. The first-order valence-electron chi connectivity index (χ1n) is 20.0. The molecule has 0 unspecified atom stereocenters. The number of nitrogens with zero attached hydrogens (tertiary/aromatic N) is 2. The molecule has 2 fully saturated rings. The maximum Gasteiger partial charge on any atom is 0.421 e. The van der Waals surface area contributed by atoms with Crippen LogP contribution in [0.1, 0.15) is 52.4 Å². The zero-order valence-electron chi connectivity index (χ0n) is 34.5. The van der Waals surface area contributed by atoms with Crippen LogP contribution in [0.2, 0.25) is 0 Å². The number of methoxy groups -OCH3 is 3. The van der Waals surface area contributed by atoms with Crippen LogP contribution in [0.3, 0.4) is 0 Å². The summed E-state index contributed by atoms with van der Waals surface area (Å²) in [7, 11) is 3.64. The molecule has 4 aromatic carbocycles. The van der Waals surface area contributed by atoms with Gasteiger partial charge in [0.25, 0.3) is 0 Å². The number of aliphatic hydroxyl groups is 1. The Morgan fingerprint density at radius 2 is 1.46 bits per heavy atom. The molecule has 2 saturated heterocycles. The Balaban J connectivity index is 1.54. The number of hydrogen-bond donors (Lipinski definition) is 2. The van der Waals surface area contributed by atoms with Gasteiger partial charge in [-0.25, -0.2) is 9.69 Å². The van der Waals surface area contributed by atoms with Gasteiger partial charge >= 0.3 is 30.0 Å². The maximum absolute atomic E-state index is 15.9. The lowest BCUT2D eigenvalue weighted by Crippen LogP contribution is -2.53. The highest BCUT2D eigenvalue weighted by Crippen LogP contribution is 2.66. The predicted octanol–water partition coefficient (Wildman–Crippen LogP) is 4.29. The van der Waals surface area contributed by atoms with E-state index < -0.39 is 77.4 Å². The minimum atomic E-state index is -2.33. The first kappa shape index (κ1) is 44.0. The average molecular weight is 861 g/mol. The molecule has 4 aromatic rings. The number of rotatable bonds is 13. The van der Waals surface area contributed by atoms with Gasteiger partial charge < -0.3 is 38.6 Å². The zero-order valence-corrected chi connectivity index (χ0v) is 34.5. The number of fused-ring (bicyclic) bond motifs is 3. The molecule has 3 heterocycles. The van der Waals surface area contributed by atoms with E-state index in [2.05, 4.69) is 11.8 Å². The van der Waals surface area contributed by atoms with Crippen molar-refractivity contribution in [3.8, 4) is 17.6 Å². The molecule has 16 heteroatoms. The van der Waals surface area contributed by atoms with E-state index in [0.717, 1.165) is 19.1 Å². The van der Waals surface area contributed by atoms with Crippen LogP contribution >= 0.6 is 0 Å². The number of aliphatic hydroxyl groups excluding tert-OH is 1. The van der Waals surface area contributed by atoms with E-state index in [0.29, 0.717) is 11.1 Å². The second-order valence-corrected chi connectivity index (χ2v) is 14.8. The number of amides is 2. The van der Waals surface area contributed by atoms with Gasteiger partial charge in [0.1, 0.15) is 42.4 Å². The van der Waals surface area contributed by atoms with Crippen LogP contribution in [0.25, 0.3) is 0 Å². The number of carbonyl (C=O) groups excluding carboxylic acids is 5. The van der Waals surface area contributed by atoms with Crippen molar-refractivity contribution in [1.82, 2.24) is 4.90 Å². The molecule has 2 N–H and O–H groups in total. The Morgan fingerprint density at radius 1 is 0.810 bits per heavy atom. The second-order valence-electron chi connectivity index (χ2n) is 14.8. The van der Waals surface area contributed by atoms with Gasteiger partial charge in [-0.2, -0.15) is 0 Å². The van der Waals surface area contributed by atoms with Crippen molar-refractivity contribution < 1.29 is 67.4 Å². The first-order chi connectivity index (χ1) is 30.5. The Bertz CT molecular complexity index is 2430. The summed E-state index contributed by atoms with van der Waals surface area (Å²) in [6.07, 6.45) is -2.49. The number of carbonyl (C=O) groups is 6. The average Bonchev–Trinajstić information content (AvgIpc) is 3.76. The molecule has 0 saturated carbocycles. The van der Waals surface area contributed by atoms with Gasteiger partial charge in [-0.3, -0.25) is 28.9 Å². The third kappa shape index (κ3) is 7.86. The van der Waals surface area contributed by atoms with E-state index in [1.165, 1.54) is 25.3 Å². The fourth-order valence-corrected chi connectivity index (χ4v) is 8.99. The molecule has 0 aromatic heterocycles. The zero-order chi connectivity index (χ0) is 44.8. The van der Waals surface area contributed by atoms with Crippen molar-refractivity contribution in [3.63, 3.8) is 0 Å². The molecule has 326 valence electrons. The third-order valence-corrected chi connectivity index (χ3v) is 11.5. The van der Waals surface area contributed by atoms with Crippen LogP contribution in [-0.2, 0) is 53.1 Å². The Morgan fingerprint density at radius 3 is 2.10 bits per heavy atom. The molecule has 16 nitrogen and oxygen atoms in total. The fourth-order valence-electron chi connectivity index (χ4n) is 8.99. The molecular formula is C47H44N2O14. The summed E-state index contributed by atoms with van der Waals surface area (Å²) >= 11 is 0. The van der Waals surface area contributed by atoms with E-state index >= 15 is 4.79 Å². The van der Waals surface area contributed by atoms with Crippen molar-refractivity contribution in [3.05, 3.63) is 131 Å². The molecule has 63 heavy (non-hydrogen) atoms. The highest BCUT2D eigenvalue weighted by Gasteiger charge is 2.76. The molecule has 0 radical (unpaired) electrons. The fraction of sp³-hybridized carbons (Fsp3) is 0.319. The van der Waals surface area contributed by atoms with Crippen molar-refractivity contribution in [2.45, 2.75) is 36.1 Å². The maximum atomic E-state index is 15.9. The van der Waals surface area contributed by atoms with Gasteiger partial charge in [0, 0.05) is 24.7 Å². The van der Waals surface area contributed by atoms with E-state index in [9.17, 15) is 34.2 Å². The number of hydrogen-bond acceptors (Lipinski definition) is 14. The van der Waals surface area contributed by atoms with Crippen LogP contribution < -0.4 is 9.64 Å². The standard InChI is InChI=1S/C47H44N2O14/c1-58-25-26-62-46(57)48-34-22-21-28(13-12-19-32(42(53)59-2)43(54)60-3)27-33(34)47(45(48)56)36(41(51)52)38-44(55)63-39(30-16-8-5-9-17-30)37(29-14-6-4-7-15-29)49(38)40(47)31-18-10-11-20-35(31)61-24-23-50/h4-11,14-18,20-22,27,32,36-40,50H,19,23-26H2,1-3H3,(H,51,52)/t36-,37-,38-,39+,40+,47-/m0/s1. The summed E-state index contributed by atoms with van der Waals surface area (Å²) in [5.41, 5.74) is -0.677. The van der Waals surface area contributed by atoms with Crippen LogP contribution in [0.15, 0.2) is 103 Å². The Labute approximate surface area is 362 Å². The smallest absolute Gasteiger partial charge is 0.421 e. The van der Waals surface area contributed by atoms with Crippen molar-refractivity contribution >= 4 is 41.6 Å². The van der Waals surface area contributed by atoms with Gasteiger partial charge in [-0.1, -0.05) is 90.7 Å².